The minimum absolute atomic E-state index is 0.239. The molecule has 0 radical (unpaired) electrons. The maximum Gasteiger partial charge on any atom is 0.345 e. The van der Waals surface area contributed by atoms with Crippen molar-refractivity contribution in [1.82, 2.24) is 0 Å². The molecule has 0 heterocycles. The van der Waals surface area contributed by atoms with Gasteiger partial charge in [-0.1, -0.05) is 69.9 Å². The average Bonchev–Trinajstić information content (AvgIpc) is 2.55. The fourth-order valence-electron chi connectivity index (χ4n) is 2.69. The normalized spacial score (nSPS) is 20.5. The Hall–Kier alpha value is -1.84. The molecule has 0 aromatic carbocycles. The molecule has 0 spiro atoms. The van der Waals surface area contributed by atoms with Crippen molar-refractivity contribution in [2.45, 2.75) is 58.8 Å². The lowest BCUT2D eigenvalue weighted by Gasteiger charge is -2.28. The lowest BCUT2D eigenvalue weighted by atomic mass is 9.76. The molecule has 1 aliphatic carbocycles. The number of hydrogen-bond acceptors (Lipinski definition) is 3. The number of rotatable bonds is 10. The van der Waals surface area contributed by atoms with E-state index in [1.54, 1.807) is 6.08 Å². The van der Waals surface area contributed by atoms with Crippen molar-refractivity contribution in [2.75, 3.05) is 6.61 Å². The smallest absolute Gasteiger partial charge is 0.345 e. The quantitative estimate of drug-likeness (QED) is 0.213. The van der Waals surface area contributed by atoms with Gasteiger partial charge in [-0.25, -0.2) is 9.59 Å². The molecule has 1 N–H and O–H groups in total. The third-order valence-corrected chi connectivity index (χ3v) is 3.99. The Bertz CT molecular complexity index is 488. The van der Waals surface area contributed by atoms with Crippen LogP contribution in [0.3, 0.4) is 0 Å². The van der Waals surface area contributed by atoms with Gasteiger partial charge in [0.2, 0.25) is 0 Å². The lowest BCUT2D eigenvalue weighted by molar-refractivity contribution is -0.144. The van der Waals surface area contributed by atoms with E-state index in [0.29, 0.717) is 12.8 Å². The van der Waals surface area contributed by atoms with E-state index in [9.17, 15) is 14.7 Å². The molecule has 0 aromatic rings. The number of hydrogen-bond donors (Lipinski definition) is 1. The highest BCUT2D eigenvalue weighted by molar-refractivity contribution is 6.13. The van der Waals surface area contributed by atoms with Gasteiger partial charge in [0.1, 0.15) is 5.57 Å². The molecule has 0 fully saturated rings. The SMILES string of the molecule is CCCCCCC1(C=C(C(=O)O)C(=O)OCCC)C=CC=CC1. The molecule has 0 saturated carbocycles. The number of aliphatic carboxylic acids is 1. The van der Waals surface area contributed by atoms with Gasteiger partial charge < -0.3 is 9.84 Å². The van der Waals surface area contributed by atoms with Crippen LogP contribution in [0, 0.1) is 5.41 Å². The summed E-state index contributed by atoms with van der Waals surface area (Å²) in [5.41, 5.74) is -0.657. The number of carboxylic acids is 1. The first kappa shape index (κ1) is 19.2. The van der Waals surface area contributed by atoms with E-state index in [0.717, 1.165) is 25.7 Å². The number of allylic oxidation sites excluding steroid dienone is 5. The number of carbonyl (C=O) groups excluding carboxylic acids is 1. The molecule has 1 atom stereocenters. The van der Waals surface area contributed by atoms with Crippen LogP contribution in [0.15, 0.2) is 36.0 Å². The second-order valence-corrected chi connectivity index (χ2v) is 6.03. The topological polar surface area (TPSA) is 63.6 Å². The average molecular weight is 320 g/mol. The maximum atomic E-state index is 12.0. The lowest BCUT2D eigenvalue weighted by Crippen LogP contribution is -2.23. The van der Waals surface area contributed by atoms with E-state index in [2.05, 4.69) is 6.92 Å². The Morgan fingerprint density at radius 3 is 2.52 bits per heavy atom. The highest BCUT2D eigenvalue weighted by Crippen LogP contribution is 2.36. The van der Waals surface area contributed by atoms with Gasteiger partial charge in [-0.05, 0) is 19.3 Å². The number of ether oxygens (including phenoxy) is 1. The van der Waals surface area contributed by atoms with Crippen LogP contribution >= 0.6 is 0 Å². The zero-order valence-electron chi connectivity index (χ0n) is 14.2. The molecular weight excluding hydrogens is 292 g/mol. The Balaban J connectivity index is 2.94. The summed E-state index contributed by atoms with van der Waals surface area (Å²) < 4.78 is 5.01. The number of esters is 1. The third-order valence-electron chi connectivity index (χ3n) is 3.99. The van der Waals surface area contributed by atoms with Crippen LogP contribution < -0.4 is 0 Å². The van der Waals surface area contributed by atoms with Crippen LogP contribution in [0.1, 0.15) is 58.8 Å². The van der Waals surface area contributed by atoms with Crippen LogP contribution in [0.4, 0.5) is 0 Å². The molecule has 0 bridgehead atoms. The molecular formula is C19H28O4. The molecule has 1 rings (SSSR count). The largest absolute Gasteiger partial charge is 0.477 e. The van der Waals surface area contributed by atoms with E-state index in [1.807, 2.05) is 31.2 Å². The molecule has 1 aliphatic rings. The molecule has 0 aliphatic heterocycles. The zero-order chi connectivity index (χ0) is 17.1. The molecule has 0 aromatic heterocycles. The van der Waals surface area contributed by atoms with E-state index in [4.69, 9.17) is 4.74 Å². The molecule has 0 amide bonds. The zero-order valence-corrected chi connectivity index (χ0v) is 14.2. The van der Waals surface area contributed by atoms with Gasteiger partial charge >= 0.3 is 11.9 Å². The summed E-state index contributed by atoms with van der Waals surface area (Å²) in [6.07, 6.45) is 16.2. The van der Waals surface area contributed by atoms with Gasteiger partial charge in [0.15, 0.2) is 0 Å². The summed E-state index contributed by atoms with van der Waals surface area (Å²) >= 11 is 0. The van der Waals surface area contributed by atoms with Gasteiger partial charge in [0.25, 0.3) is 0 Å². The second-order valence-electron chi connectivity index (χ2n) is 6.03. The summed E-state index contributed by atoms with van der Waals surface area (Å²) in [5.74, 6) is -1.96. The number of unbranched alkanes of at least 4 members (excludes halogenated alkanes) is 3. The predicted molar refractivity (Wildman–Crippen MR) is 91.1 cm³/mol. The molecule has 0 saturated heterocycles. The van der Waals surface area contributed by atoms with Crippen molar-refractivity contribution in [3.63, 3.8) is 0 Å². The fraction of sp³-hybridized carbons (Fsp3) is 0.579. The van der Waals surface area contributed by atoms with Crippen molar-refractivity contribution in [2.24, 2.45) is 5.41 Å². The monoisotopic (exact) mass is 320 g/mol. The van der Waals surface area contributed by atoms with E-state index >= 15 is 0 Å². The first-order chi connectivity index (χ1) is 11.0. The summed E-state index contributed by atoms with van der Waals surface area (Å²) in [4.78, 5) is 23.5. The van der Waals surface area contributed by atoms with Crippen LogP contribution in [0.2, 0.25) is 0 Å². The Labute approximate surface area is 138 Å². The molecule has 4 nitrogen and oxygen atoms in total. The Morgan fingerprint density at radius 2 is 1.96 bits per heavy atom. The second kappa shape index (κ2) is 10.0. The molecule has 128 valence electrons. The van der Waals surface area contributed by atoms with Crippen LogP contribution in [-0.4, -0.2) is 23.7 Å². The third kappa shape index (κ3) is 6.43. The van der Waals surface area contributed by atoms with Gasteiger partial charge in [-0.2, -0.15) is 0 Å². The van der Waals surface area contributed by atoms with Crippen molar-refractivity contribution in [1.29, 1.82) is 0 Å². The standard InChI is InChI=1S/C19H28O4/c1-3-5-6-8-11-19(12-9-7-10-13-19)15-16(17(20)21)18(22)23-14-4-2/h7,9-10,12,15H,3-6,8,11,13-14H2,1-2H3,(H,20,21). The molecule has 4 heteroatoms. The van der Waals surface area contributed by atoms with Crippen molar-refractivity contribution in [3.05, 3.63) is 36.0 Å². The van der Waals surface area contributed by atoms with Gasteiger partial charge in [-0.3, -0.25) is 0 Å². The van der Waals surface area contributed by atoms with E-state index in [-0.39, 0.29) is 12.2 Å². The van der Waals surface area contributed by atoms with E-state index in [1.165, 1.54) is 6.42 Å². The van der Waals surface area contributed by atoms with Crippen LogP contribution in [0.25, 0.3) is 0 Å². The highest BCUT2D eigenvalue weighted by atomic mass is 16.5. The van der Waals surface area contributed by atoms with Crippen molar-refractivity contribution < 1.29 is 19.4 Å². The van der Waals surface area contributed by atoms with Crippen LogP contribution in [-0.2, 0) is 14.3 Å². The predicted octanol–water partition coefficient (Wildman–Crippen LogP) is 4.42. The van der Waals surface area contributed by atoms with Crippen LogP contribution in [0.5, 0.6) is 0 Å². The summed E-state index contributed by atoms with van der Waals surface area (Å²) in [5, 5.41) is 9.39. The van der Waals surface area contributed by atoms with E-state index < -0.39 is 17.4 Å². The van der Waals surface area contributed by atoms with Gasteiger partial charge in [0, 0.05) is 5.41 Å². The minimum Gasteiger partial charge on any atom is -0.477 e. The molecule has 1 unspecified atom stereocenters. The Kier molecular flexibility index (Phi) is 8.38. The van der Waals surface area contributed by atoms with Gasteiger partial charge in [-0.15, -0.1) is 0 Å². The number of carbonyl (C=O) groups is 2. The van der Waals surface area contributed by atoms with Crippen molar-refractivity contribution >= 4 is 11.9 Å². The van der Waals surface area contributed by atoms with Gasteiger partial charge in [0.05, 0.1) is 6.61 Å². The first-order valence-corrected chi connectivity index (χ1v) is 8.52. The Morgan fingerprint density at radius 1 is 1.17 bits per heavy atom. The van der Waals surface area contributed by atoms with Crippen molar-refractivity contribution in [3.8, 4) is 0 Å². The summed E-state index contributed by atoms with van der Waals surface area (Å²) in [7, 11) is 0. The minimum atomic E-state index is -1.22. The maximum absolute atomic E-state index is 12.0. The fourth-order valence-corrected chi connectivity index (χ4v) is 2.69. The summed E-state index contributed by atoms with van der Waals surface area (Å²) in [6.45, 7) is 4.27. The first-order valence-electron chi connectivity index (χ1n) is 8.52. The summed E-state index contributed by atoms with van der Waals surface area (Å²) in [6, 6.07) is 0. The molecule has 23 heavy (non-hydrogen) atoms. The number of carboxylic acid groups (broad SMARTS) is 1. The highest BCUT2D eigenvalue weighted by Gasteiger charge is 2.29.